The molecule has 0 aliphatic heterocycles. The summed E-state index contributed by atoms with van der Waals surface area (Å²) in [6.45, 7) is 3.04. The molecule has 0 bridgehead atoms. The van der Waals surface area contributed by atoms with Gasteiger partial charge in [-0.1, -0.05) is 24.6 Å². The molecule has 0 fully saturated rings. The maximum absolute atomic E-state index is 6.14. The molecule has 1 aliphatic carbocycles. The largest absolute Gasteiger partial charge is 0.264 e. The fraction of sp³-hybridized carbons (Fsp3) is 0.545. The van der Waals surface area contributed by atoms with Crippen molar-refractivity contribution in [3.05, 3.63) is 23.0 Å². The molecule has 15 heavy (non-hydrogen) atoms. The molecule has 4 heteroatoms. The Morgan fingerprint density at radius 1 is 1.60 bits per heavy atom. The van der Waals surface area contributed by atoms with Crippen LogP contribution in [0.15, 0.2) is 12.3 Å². The van der Waals surface area contributed by atoms with Crippen molar-refractivity contribution in [3.63, 3.8) is 0 Å². The zero-order valence-electron chi connectivity index (χ0n) is 8.71. The second-order valence-electron chi connectivity index (χ2n) is 3.81. The molecule has 1 aromatic rings. The molecule has 0 amide bonds. The van der Waals surface area contributed by atoms with E-state index in [-0.39, 0.29) is 5.38 Å². The summed E-state index contributed by atoms with van der Waals surface area (Å²) in [7, 11) is 0. The van der Waals surface area contributed by atoms with Gasteiger partial charge in [0.1, 0.15) is 0 Å². The Morgan fingerprint density at radius 2 is 2.40 bits per heavy atom. The van der Waals surface area contributed by atoms with Crippen LogP contribution in [0.4, 0.5) is 0 Å². The first-order chi connectivity index (χ1) is 7.22. The number of allylic oxidation sites excluding steroid dienone is 2. The van der Waals surface area contributed by atoms with E-state index in [4.69, 9.17) is 23.2 Å². The summed E-state index contributed by atoms with van der Waals surface area (Å²) in [5, 5.41) is 5.17. The van der Waals surface area contributed by atoms with Crippen LogP contribution in [0.25, 0.3) is 5.57 Å². The van der Waals surface area contributed by atoms with E-state index in [1.54, 1.807) is 6.20 Å². The van der Waals surface area contributed by atoms with Gasteiger partial charge in [0.15, 0.2) is 0 Å². The van der Waals surface area contributed by atoms with E-state index in [0.717, 1.165) is 36.5 Å². The SMILES string of the molecule is CCCn1ncc(Cl)c1C1=CC(Cl)CC1. The smallest absolute Gasteiger partial charge is 0.0862 e. The van der Waals surface area contributed by atoms with Gasteiger partial charge in [-0.25, -0.2) is 0 Å². The first-order valence-corrected chi connectivity index (χ1v) is 6.10. The van der Waals surface area contributed by atoms with Crippen molar-refractivity contribution < 1.29 is 0 Å². The third kappa shape index (κ3) is 2.21. The van der Waals surface area contributed by atoms with Crippen LogP contribution in [0.1, 0.15) is 31.9 Å². The summed E-state index contributed by atoms with van der Waals surface area (Å²) in [5.41, 5.74) is 2.30. The summed E-state index contributed by atoms with van der Waals surface area (Å²) in [4.78, 5) is 0. The molecule has 1 aliphatic rings. The topological polar surface area (TPSA) is 17.8 Å². The van der Waals surface area contributed by atoms with Gasteiger partial charge in [-0.05, 0) is 24.8 Å². The first kappa shape index (κ1) is 11.0. The van der Waals surface area contributed by atoms with Crippen molar-refractivity contribution in [1.82, 2.24) is 9.78 Å². The molecule has 0 radical (unpaired) electrons. The Labute approximate surface area is 99.9 Å². The predicted molar refractivity (Wildman–Crippen MR) is 64.4 cm³/mol. The van der Waals surface area contributed by atoms with E-state index in [9.17, 15) is 0 Å². The van der Waals surface area contributed by atoms with Crippen molar-refractivity contribution in [2.24, 2.45) is 0 Å². The lowest BCUT2D eigenvalue weighted by atomic mass is 10.1. The molecule has 82 valence electrons. The van der Waals surface area contributed by atoms with Gasteiger partial charge in [0.2, 0.25) is 0 Å². The fourth-order valence-corrected chi connectivity index (χ4v) is 2.46. The van der Waals surface area contributed by atoms with Crippen LogP contribution < -0.4 is 0 Å². The molecule has 0 spiro atoms. The van der Waals surface area contributed by atoms with E-state index in [1.165, 1.54) is 5.57 Å². The lowest BCUT2D eigenvalue weighted by molar-refractivity contribution is 0.595. The van der Waals surface area contributed by atoms with E-state index in [0.29, 0.717) is 0 Å². The maximum atomic E-state index is 6.14. The highest BCUT2D eigenvalue weighted by atomic mass is 35.5. The van der Waals surface area contributed by atoms with Gasteiger partial charge in [-0.3, -0.25) is 4.68 Å². The minimum absolute atomic E-state index is 0.154. The van der Waals surface area contributed by atoms with Crippen LogP contribution in [0, 0.1) is 0 Å². The van der Waals surface area contributed by atoms with Gasteiger partial charge in [0, 0.05) is 6.54 Å². The zero-order valence-corrected chi connectivity index (χ0v) is 10.2. The molecule has 0 aromatic carbocycles. The molecule has 0 saturated heterocycles. The Morgan fingerprint density at radius 3 is 3.00 bits per heavy atom. The Balaban J connectivity index is 2.33. The summed E-state index contributed by atoms with van der Waals surface area (Å²) >= 11 is 12.2. The van der Waals surface area contributed by atoms with Crippen LogP contribution in [0.2, 0.25) is 5.02 Å². The Hall–Kier alpha value is -0.470. The van der Waals surface area contributed by atoms with Crippen LogP contribution in [0.5, 0.6) is 0 Å². The molecule has 0 saturated carbocycles. The number of nitrogens with zero attached hydrogens (tertiary/aromatic N) is 2. The van der Waals surface area contributed by atoms with Gasteiger partial charge in [0.25, 0.3) is 0 Å². The third-order valence-electron chi connectivity index (χ3n) is 2.61. The highest BCUT2D eigenvalue weighted by molar-refractivity contribution is 6.32. The molecular weight excluding hydrogens is 231 g/mol. The highest BCUT2D eigenvalue weighted by Crippen LogP contribution is 2.34. The molecule has 0 N–H and O–H groups in total. The van der Waals surface area contributed by atoms with Gasteiger partial charge in [-0.2, -0.15) is 5.10 Å². The maximum Gasteiger partial charge on any atom is 0.0862 e. The molecule has 2 rings (SSSR count). The van der Waals surface area contributed by atoms with Crippen molar-refractivity contribution in [3.8, 4) is 0 Å². The van der Waals surface area contributed by atoms with E-state index < -0.39 is 0 Å². The summed E-state index contributed by atoms with van der Waals surface area (Å²) in [6, 6.07) is 0. The van der Waals surface area contributed by atoms with Crippen LogP contribution in [-0.2, 0) is 6.54 Å². The van der Waals surface area contributed by atoms with Crippen LogP contribution in [0.3, 0.4) is 0 Å². The number of hydrogen-bond donors (Lipinski definition) is 0. The van der Waals surface area contributed by atoms with Gasteiger partial charge in [0.05, 0.1) is 22.3 Å². The number of aromatic nitrogens is 2. The van der Waals surface area contributed by atoms with Crippen LogP contribution >= 0.6 is 23.2 Å². The molecule has 1 aromatic heterocycles. The predicted octanol–water partition coefficient (Wildman–Crippen LogP) is 3.73. The lowest BCUT2D eigenvalue weighted by Gasteiger charge is -2.07. The normalized spacial score (nSPS) is 20.7. The second kappa shape index (κ2) is 4.58. The summed E-state index contributed by atoms with van der Waals surface area (Å²) in [6.07, 6.45) is 6.88. The zero-order chi connectivity index (χ0) is 10.8. The molecule has 1 atom stereocenters. The van der Waals surface area contributed by atoms with Crippen molar-refractivity contribution in [2.75, 3.05) is 0 Å². The van der Waals surface area contributed by atoms with E-state index >= 15 is 0 Å². The van der Waals surface area contributed by atoms with Crippen molar-refractivity contribution >= 4 is 28.8 Å². The summed E-state index contributed by atoms with van der Waals surface area (Å²) in [5.74, 6) is 0. The van der Waals surface area contributed by atoms with Gasteiger partial charge in [-0.15, -0.1) is 11.6 Å². The molecule has 1 heterocycles. The standard InChI is InChI=1S/C11H14Cl2N2/c1-2-5-15-11(10(13)7-14-15)8-3-4-9(12)6-8/h6-7,9H,2-5H2,1H3. The van der Waals surface area contributed by atoms with E-state index in [1.807, 2.05) is 4.68 Å². The molecule has 1 unspecified atom stereocenters. The number of halogens is 2. The average molecular weight is 245 g/mol. The number of alkyl halides is 1. The van der Waals surface area contributed by atoms with E-state index in [2.05, 4.69) is 18.1 Å². The number of rotatable bonds is 3. The first-order valence-electron chi connectivity index (χ1n) is 5.28. The monoisotopic (exact) mass is 244 g/mol. The molecular formula is C11H14Cl2N2. The third-order valence-corrected chi connectivity index (χ3v) is 3.23. The Kier molecular flexibility index (Phi) is 3.37. The summed E-state index contributed by atoms with van der Waals surface area (Å²) < 4.78 is 1.98. The average Bonchev–Trinajstić information content (AvgIpc) is 2.74. The molecule has 2 nitrogen and oxygen atoms in total. The number of hydrogen-bond acceptors (Lipinski definition) is 1. The fourth-order valence-electron chi connectivity index (χ4n) is 1.94. The minimum Gasteiger partial charge on any atom is -0.264 e. The van der Waals surface area contributed by atoms with Crippen molar-refractivity contribution in [2.45, 2.75) is 38.1 Å². The van der Waals surface area contributed by atoms with Crippen LogP contribution in [-0.4, -0.2) is 15.2 Å². The Bertz CT molecular complexity index is 382. The quantitative estimate of drug-likeness (QED) is 0.742. The second-order valence-corrected chi connectivity index (χ2v) is 4.78. The lowest BCUT2D eigenvalue weighted by Crippen LogP contribution is -2.03. The highest BCUT2D eigenvalue weighted by Gasteiger charge is 2.20. The number of aryl methyl sites for hydroxylation is 1. The van der Waals surface area contributed by atoms with Crippen molar-refractivity contribution in [1.29, 1.82) is 0 Å². The minimum atomic E-state index is 0.154. The van der Waals surface area contributed by atoms with Gasteiger partial charge < -0.3 is 0 Å². The van der Waals surface area contributed by atoms with Gasteiger partial charge >= 0.3 is 0 Å².